The Morgan fingerprint density at radius 1 is 1.33 bits per heavy atom. The van der Waals surface area contributed by atoms with E-state index in [1.54, 1.807) is 13.0 Å². The Balaban J connectivity index is 1.79. The number of carbonyl (C=O) groups is 1. The third-order valence-corrected chi connectivity index (χ3v) is 6.02. The molecule has 1 nitrogen and oxygen atoms in total. The fourth-order valence-corrected chi connectivity index (χ4v) is 4.89. The molecule has 0 aromatic rings. The minimum atomic E-state index is 0.182. The van der Waals surface area contributed by atoms with Gasteiger partial charge in [0.2, 0.25) is 0 Å². The van der Waals surface area contributed by atoms with Gasteiger partial charge in [0.05, 0.1) is 0 Å². The van der Waals surface area contributed by atoms with E-state index in [1.165, 1.54) is 12.8 Å². The first kappa shape index (κ1) is 9.62. The number of rotatable bonds is 3. The predicted molar refractivity (Wildman–Crippen MR) is 60.4 cm³/mol. The minimum absolute atomic E-state index is 0.182. The van der Waals surface area contributed by atoms with Gasteiger partial charge < -0.3 is 0 Å². The highest BCUT2D eigenvalue weighted by Crippen LogP contribution is 2.86. The molecule has 0 saturated heterocycles. The molecule has 0 aromatic carbocycles. The minimum Gasteiger partial charge on any atom is -0.295 e. The van der Waals surface area contributed by atoms with Crippen LogP contribution in [-0.4, -0.2) is 5.78 Å². The Bertz CT molecular complexity index is 342. The number of ketones is 1. The first-order chi connectivity index (χ1) is 7.00. The standard InChI is InChI=1S/C14H20O/c1-9(15)5-4-6-13(2)10-7-11-12(8-10)14(11,13)3/h4-5,10-12H,6-8H2,1-3H3/b5-4+/t10?,11-,12+,13-,14?/m0/s1. The van der Waals surface area contributed by atoms with E-state index in [-0.39, 0.29) is 5.78 Å². The molecule has 4 bridgehead atoms. The van der Waals surface area contributed by atoms with Crippen LogP contribution in [0.1, 0.15) is 40.0 Å². The summed E-state index contributed by atoms with van der Waals surface area (Å²) in [6.45, 7) is 6.57. The fraction of sp³-hybridized carbons (Fsp3) is 0.786. The molecule has 0 radical (unpaired) electrons. The number of hydrogen-bond donors (Lipinski definition) is 0. The van der Waals surface area contributed by atoms with Gasteiger partial charge >= 0.3 is 0 Å². The highest BCUT2D eigenvalue weighted by atomic mass is 16.1. The van der Waals surface area contributed by atoms with Crippen LogP contribution in [0, 0.1) is 28.6 Å². The van der Waals surface area contributed by atoms with E-state index in [9.17, 15) is 4.79 Å². The van der Waals surface area contributed by atoms with Crippen molar-refractivity contribution in [1.82, 2.24) is 0 Å². The average molecular weight is 204 g/mol. The van der Waals surface area contributed by atoms with Gasteiger partial charge in [-0.05, 0) is 60.8 Å². The molecule has 4 fully saturated rings. The number of allylic oxidation sites excluding steroid dienone is 2. The van der Waals surface area contributed by atoms with Crippen molar-refractivity contribution in [2.24, 2.45) is 28.6 Å². The van der Waals surface area contributed by atoms with Gasteiger partial charge in [-0.15, -0.1) is 0 Å². The molecule has 0 amide bonds. The zero-order valence-corrected chi connectivity index (χ0v) is 9.92. The molecule has 82 valence electrons. The molecular formula is C14H20O. The average Bonchev–Trinajstić information content (AvgIpc) is 2.53. The summed E-state index contributed by atoms with van der Waals surface area (Å²) in [6, 6.07) is 0. The maximum Gasteiger partial charge on any atom is 0.152 e. The second-order valence-electron chi connectivity index (χ2n) is 6.30. The summed E-state index contributed by atoms with van der Waals surface area (Å²) in [6.07, 6.45) is 7.91. The first-order valence-electron chi connectivity index (χ1n) is 6.17. The summed E-state index contributed by atoms with van der Waals surface area (Å²) >= 11 is 0. The third-order valence-electron chi connectivity index (χ3n) is 6.02. The summed E-state index contributed by atoms with van der Waals surface area (Å²) in [4.78, 5) is 10.9. The van der Waals surface area contributed by atoms with Crippen LogP contribution in [0.25, 0.3) is 0 Å². The lowest BCUT2D eigenvalue weighted by atomic mass is 9.71. The van der Waals surface area contributed by atoms with Gasteiger partial charge in [0.1, 0.15) is 0 Å². The van der Waals surface area contributed by atoms with E-state index in [4.69, 9.17) is 0 Å². The molecule has 4 aliphatic rings. The van der Waals surface area contributed by atoms with E-state index in [0.29, 0.717) is 10.8 Å². The SMILES string of the molecule is CC(=O)/C=C/C[C@@]1(C)C2C[C@@H]3[C@H](C2)C31C. The fourth-order valence-electron chi connectivity index (χ4n) is 4.89. The van der Waals surface area contributed by atoms with Crippen molar-refractivity contribution in [2.75, 3.05) is 0 Å². The van der Waals surface area contributed by atoms with Gasteiger partial charge in [0.15, 0.2) is 5.78 Å². The lowest BCUT2D eigenvalue weighted by molar-refractivity contribution is -0.112. The molecule has 0 aliphatic heterocycles. The Morgan fingerprint density at radius 3 is 2.33 bits per heavy atom. The lowest BCUT2D eigenvalue weighted by Crippen LogP contribution is -2.26. The quantitative estimate of drug-likeness (QED) is 0.645. The van der Waals surface area contributed by atoms with Crippen molar-refractivity contribution in [1.29, 1.82) is 0 Å². The molecule has 0 aromatic heterocycles. The molecule has 2 unspecified atom stereocenters. The molecule has 15 heavy (non-hydrogen) atoms. The molecule has 4 saturated carbocycles. The van der Waals surface area contributed by atoms with E-state index in [2.05, 4.69) is 19.9 Å². The Morgan fingerprint density at radius 2 is 1.93 bits per heavy atom. The van der Waals surface area contributed by atoms with Crippen LogP contribution < -0.4 is 0 Å². The van der Waals surface area contributed by atoms with E-state index < -0.39 is 0 Å². The molecule has 1 heteroatoms. The van der Waals surface area contributed by atoms with Gasteiger partial charge in [-0.1, -0.05) is 19.9 Å². The molecule has 4 rings (SSSR count). The topological polar surface area (TPSA) is 17.1 Å². The van der Waals surface area contributed by atoms with Crippen LogP contribution in [0.15, 0.2) is 12.2 Å². The third kappa shape index (κ3) is 0.926. The summed E-state index contributed by atoms with van der Waals surface area (Å²) < 4.78 is 0. The normalized spacial score (nSPS) is 55.3. The van der Waals surface area contributed by atoms with Gasteiger partial charge in [-0.2, -0.15) is 0 Å². The van der Waals surface area contributed by atoms with E-state index in [1.807, 2.05) is 0 Å². The Hall–Kier alpha value is -0.590. The molecule has 0 spiro atoms. The highest BCUT2D eigenvalue weighted by Gasteiger charge is 2.80. The highest BCUT2D eigenvalue weighted by molar-refractivity contribution is 5.87. The van der Waals surface area contributed by atoms with Crippen LogP contribution >= 0.6 is 0 Å². The van der Waals surface area contributed by atoms with Gasteiger partial charge in [-0.25, -0.2) is 0 Å². The van der Waals surface area contributed by atoms with E-state index >= 15 is 0 Å². The maximum absolute atomic E-state index is 10.9. The molecular weight excluding hydrogens is 184 g/mol. The van der Waals surface area contributed by atoms with Gasteiger partial charge in [0, 0.05) is 0 Å². The van der Waals surface area contributed by atoms with Crippen molar-refractivity contribution in [3.05, 3.63) is 12.2 Å². The van der Waals surface area contributed by atoms with Crippen LogP contribution in [0.5, 0.6) is 0 Å². The second-order valence-corrected chi connectivity index (χ2v) is 6.30. The molecule has 0 heterocycles. The zero-order chi connectivity index (χ0) is 10.8. The summed E-state index contributed by atoms with van der Waals surface area (Å²) in [5.41, 5.74) is 1.12. The van der Waals surface area contributed by atoms with Crippen molar-refractivity contribution in [3.8, 4) is 0 Å². The van der Waals surface area contributed by atoms with Crippen molar-refractivity contribution >= 4 is 5.78 Å². The van der Waals surface area contributed by atoms with Crippen LogP contribution in [0.3, 0.4) is 0 Å². The molecule has 5 atom stereocenters. The van der Waals surface area contributed by atoms with Gasteiger partial charge in [0.25, 0.3) is 0 Å². The monoisotopic (exact) mass is 204 g/mol. The Labute approximate surface area is 91.9 Å². The second kappa shape index (κ2) is 2.56. The zero-order valence-electron chi connectivity index (χ0n) is 9.92. The van der Waals surface area contributed by atoms with Crippen molar-refractivity contribution in [2.45, 2.75) is 40.0 Å². The molecule has 0 N–H and O–H groups in total. The lowest BCUT2D eigenvalue weighted by Gasteiger charge is -2.33. The summed E-state index contributed by atoms with van der Waals surface area (Å²) in [5.74, 6) is 3.17. The maximum atomic E-state index is 10.9. The van der Waals surface area contributed by atoms with Crippen LogP contribution in [-0.2, 0) is 4.79 Å². The van der Waals surface area contributed by atoms with Crippen molar-refractivity contribution in [3.63, 3.8) is 0 Å². The number of carbonyl (C=O) groups excluding carboxylic acids is 1. The largest absolute Gasteiger partial charge is 0.295 e. The number of hydrogen-bond acceptors (Lipinski definition) is 1. The van der Waals surface area contributed by atoms with Gasteiger partial charge in [-0.3, -0.25) is 4.79 Å². The van der Waals surface area contributed by atoms with E-state index in [0.717, 1.165) is 24.2 Å². The van der Waals surface area contributed by atoms with Crippen molar-refractivity contribution < 1.29 is 4.79 Å². The summed E-state index contributed by atoms with van der Waals surface area (Å²) in [5, 5.41) is 0. The van der Waals surface area contributed by atoms with Crippen LogP contribution in [0.4, 0.5) is 0 Å². The van der Waals surface area contributed by atoms with Crippen LogP contribution in [0.2, 0.25) is 0 Å². The first-order valence-corrected chi connectivity index (χ1v) is 6.17. The smallest absolute Gasteiger partial charge is 0.152 e. The predicted octanol–water partition coefficient (Wildman–Crippen LogP) is 3.20. The summed E-state index contributed by atoms with van der Waals surface area (Å²) in [7, 11) is 0. The molecule has 4 aliphatic carbocycles. The Kier molecular flexibility index (Phi) is 1.64.